The Morgan fingerprint density at radius 2 is 2.08 bits per heavy atom. The minimum Gasteiger partial charge on any atom is -0.460 e. The highest BCUT2D eigenvalue weighted by molar-refractivity contribution is 5.74. The number of hydrogen-bond donors (Lipinski definition) is 2. The zero-order valence-electron chi connectivity index (χ0n) is 8.46. The van der Waals surface area contributed by atoms with Crippen LogP contribution in [0.4, 0.5) is 0 Å². The van der Waals surface area contributed by atoms with Crippen molar-refractivity contribution in [3.8, 4) is 0 Å². The molecule has 1 aliphatic heterocycles. The van der Waals surface area contributed by atoms with E-state index in [0.717, 1.165) is 0 Å². The van der Waals surface area contributed by atoms with Gasteiger partial charge in [-0.2, -0.15) is 0 Å². The Morgan fingerprint density at radius 3 is 2.46 bits per heavy atom. The Morgan fingerprint density at radius 1 is 1.46 bits per heavy atom. The van der Waals surface area contributed by atoms with Gasteiger partial charge < -0.3 is 15.8 Å². The average Bonchev–Trinajstić information content (AvgIpc) is 2.30. The lowest BCUT2D eigenvalue weighted by Crippen LogP contribution is -2.38. The van der Waals surface area contributed by atoms with Crippen molar-refractivity contribution in [1.82, 2.24) is 5.32 Å². The second-order valence-electron chi connectivity index (χ2n) is 4.46. The van der Waals surface area contributed by atoms with Crippen LogP contribution < -0.4 is 11.1 Å². The first kappa shape index (κ1) is 10.5. The summed E-state index contributed by atoms with van der Waals surface area (Å²) in [6, 6.07) is -0.102. The molecular formula is C9H18N2O2. The fraction of sp³-hybridized carbons (Fsp3) is 0.889. The molecule has 1 aliphatic rings. The minimum absolute atomic E-state index is 0.102. The summed E-state index contributed by atoms with van der Waals surface area (Å²) in [4.78, 5) is 11.5. The molecule has 4 nitrogen and oxygen atoms in total. The molecule has 0 aromatic heterocycles. The first-order chi connectivity index (χ1) is 5.90. The number of esters is 1. The van der Waals surface area contributed by atoms with Gasteiger partial charge in [-0.15, -0.1) is 0 Å². The number of hydrogen-bond acceptors (Lipinski definition) is 4. The maximum atomic E-state index is 11.5. The van der Waals surface area contributed by atoms with Crippen LogP contribution in [-0.2, 0) is 9.53 Å². The molecule has 76 valence electrons. The van der Waals surface area contributed by atoms with Crippen molar-refractivity contribution in [2.45, 2.75) is 32.4 Å². The predicted octanol–water partition coefficient (Wildman–Crippen LogP) is -0.125. The molecule has 1 saturated heterocycles. The van der Waals surface area contributed by atoms with E-state index in [9.17, 15) is 4.79 Å². The molecule has 0 spiro atoms. The summed E-state index contributed by atoms with van der Waals surface area (Å²) in [5, 5.41) is 3.06. The maximum Gasteiger partial charge on any atom is 0.312 e. The molecule has 0 bridgehead atoms. The molecule has 0 radical (unpaired) electrons. The van der Waals surface area contributed by atoms with E-state index in [1.807, 2.05) is 20.8 Å². The van der Waals surface area contributed by atoms with E-state index in [1.165, 1.54) is 0 Å². The van der Waals surface area contributed by atoms with Crippen LogP contribution in [0.5, 0.6) is 0 Å². The van der Waals surface area contributed by atoms with Crippen molar-refractivity contribution in [1.29, 1.82) is 0 Å². The van der Waals surface area contributed by atoms with Gasteiger partial charge in [-0.05, 0) is 20.8 Å². The van der Waals surface area contributed by atoms with Crippen LogP contribution in [0, 0.1) is 5.92 Å². The SMILES string of the molecule is CC(C)(C)OC(=O)C1CNCC1N. The quantitative estimate of drug-likeness (QED) is 0.560. The van der Waals surface area contributed by atoms with Gasteiger partial charge in [0.1, 0.15) is 5.60 Å². The number of nitrogens with two attached hydrogens (primary N) is 1. The van der Waals surface area contributed by atoms with E-state index in [1.54, 1.807) is 0 Å². The van der Waals surface area contributed by atoms with E-state index in [2.05, 4.69) is 5.32 Å². The van der Waals surface area contributed by atoms with Gasteiger partial charge in [0, 0.05) is 19.1 Å². The highest BCUT2D eigenvalue weighted by Gasteiger charge is 2.33. The van der Waals surface area contributed by atoms with E-state index < -0.39 is 5.60 Å². The van der Waals surface area contributed by atoms with E-state index >= 15 is 0 Å². The molecular weight excluding hydrogens is 168 g/mol. The molecule has 0 aliphatic carbocycles. The van der Waals surface area contributed by atoms with Gasteiger partial charge in [0.05, 0.1) is 5.92 Å². The molecule has 2 unspecified atom stereocenters. The molecule has 4 heteroatoms. The number of ether oxygens (including phenoxy) is 1. The van der Waals surface area contributed by atoms with Crippen molar-refractivity contribution in [2.75, 3.05) is 13.1 Å². The highest BCUT2D eigenvalue weighted by Crippen LogP contribution is 2.15. The van der Waals surface area contributed by atoms with Gasteiger partial charge in [0.15, 0.2) is 0 Å². The number of nitrogens with one attached hydrogen (secondary N) is 1. The van der Waals surface area contributed by atoms with Crippen molar-refractivity contribution < 1.29 is 9.53 Å². The fourth-order valence-corrected chi connectivity index (χ4v) is 1.33. The summed E-state index contributed by atoms with van der Waals surface area (Å²) >= 11 is 0. The van der Waals surface area contributed by atoms with Crippen molar-refractivity contribution in [3.05, 3.63) is 0 Å². The lowest BCUT2D eigenvalue weighted by atomic mass is 10.0. The molecule has 3 N–H and O–H groups in total. The predicted molar refractivity (Wildman–Crippen MR) is 50.2 cm³/mol. The lowest BCUT2D eigenvalue weighted by molar-refractivity contribution is -0.159. The third-order valence-corrected chi connectivity index (χ3v) is 1.97. The third-order valence-electron chi connectivity index (χ3n) is 1.97. The van der Waals surface area contributed by atoms with Gasteiger partial charge in [-0.1, -0.05) is 0 Å². The molecule has 0 aromatic carbocycles. The summed E-state index contributed by atoms with van der Waals surface area (Å²) in [7, 11) is 0. The molecule has 1 rings (SSSR count). The highest BCUT2D eigenvalue weighted by atomic mass is 16.6. The standard InChI is InChI=1S/C9H18N2O2/c1-9(2,3)13-8(12)6-4-11-5-7(6)10/h6-7,11H,4-5,10H2,1-3H3. The van der Waals surface area contributed by atoms with Crippen molar-refractivity contribution in [3.63, 3.8) is 0 Å². The van der Waals surface area contributed by atoms with Crippen molar-refractivity contribution in [2.24, 2.45) is 11.7 Å². The topological polar surface area (TPSA) is 64.3 Å². The molecule has 13 heavy (non-hydrogen) atoms. The monoisotopic (exact) mass is 186 g/mol. The number of carbonyl (C=O) groups is 1. The second-order valence-corrected chi connectivity index (χ2v) is 4.46. The summed E-state index contributed by atoms with van der Waals surface area (Å²) < 4.78 is 5.23. The molecule has 0 saturated carbocycles. The smallest absolute Gasteiger partial charge is 0.312 e. The van der Waals surface area contributed by atoms with Gasteiger partial charge in [-0.25, -0.2) is 0 Å². The number of rotatable bonds is 1. The second kappa shape index (κ2) is 3.64. The molecule has 1 heterocycles. The maximum absolute atomic E-state index is 11.5. The van der Waals surface area contributed by atoms with Crippen LogP contribution in [0.1, 0.15) is 20.8 Å². The van der Waals surface area contributed by atoms with E-state index in [4.69, 9.17) is 10.5 Å². The molecule has 0 amide bonds. The summed E-state index contributed by atoms with van der Waals surface area (Å²) in [6.45, 7) is 6.91. The summed E-state index contributed by atoms with van der Waals surface area (Å²) in [6.07, 6.45) is 0. The normalized spacial score (nSPS) is 28.9. The Hall–Kier alpha value is -0.610. The van der Waals surface area contributed by atoms with Crippen LogP contribution in [0.15, 0.2) is 0 Å². The van der Waals surface area contributed by atoms with E-state index in [-0.39, 0.29) is 17.9 Å². The first-order valence-electron chi connectivity index (χ1n) is 4.59. The lowest BCUT2D eigenvalue weighted by Gasteiger charge is -2.23. The zero-order valence-corrected chi connectivity index (χ0v) is 8.46. The van der Waals surface area contributed by atoms with Gasteiger partial charge in [-0.3, -0.25) is 4.79 Å². The van der Waals surface area contributed by atoms with Crippen LogP contribution in [0.25, 0.3) is 0 Å². The van der Waals surface area contributed by atoms with E-state index in [0.29, 0.717) is 13.1 Å². The molecule has 0 aromatic rings. The fourth-order valence-electron chi connectivity index (χ4n) is 1.33. The summed E-state index contributed by atoms with van der Waals surface area (Å²) in [5.41, 5.74) is 5.32. The zero-order chi connectivity index (χ0) is 10.1. The molecule has 2 atom stereocenters. The van der Waals surface area contributed by atoms with Gasteiger partial charge in [0.2, 0.25) is 0 Å². The Bertz CT molecular complexity index is 198. The van der Waals surface area contributed by atoms with Crippen LogP contribution in [0.2, 0.25) is 0 Å². The van der Waals surface area contributed by atoms with Crippen LogP contribution >= 0.6 is 0 Å². The average molecular weight is 186 g/mol. The Balaban J connectivity index is 2.48. The number of carbonyl (C=O) groups excluding carboxylic acids is 1. The Labute approximate surface area is 78.8 Å². The van der Waals surface area contributed by atoms with Crippen LogP contribution in [-0.4, -0.2) is 30.7 Å². The largest absolute Gasteiger partial charge is 0.460 e. The minimum atomic E-state index is -0.417. The van der Waals surface area contributed by atoms with Crippen molar-refractivity contribution >= 4 is 5.97 Å². The third kappa shape index (κ3) is 2.97. The summed E-state index contributed by atoms with van der Waals surface area (Å²) in [5.74, 6) is -0.371. The van der Waals surface area contributed by atoms with Gasteiger partial charge >= 0.3 is 5.97 Å². The Kier molecular flexibility index (Phi) is 2.93. The first-order valence-corrected chi connectivity index (χ1v) is 4.59. The van der Waals surface area contributed by atoms with Gasteiger partial charge in [0.25, 0.3) is 0 Å². The van der Waals surface area contributed by atoms with Crippen LogP contribution in [0.3, 0.4) is 0 Å². The molecule has 1 fully saturated rings.